The van der Waals surface area contributed by atoms with Crippen molar-refractivity contribution in [3.63, 3.8) is 0 Å². The van der Waals surface area contributed by atoms with Gasteiger partial charge in [-0.3, -0.25) is 0 Å². The summed E-state index contributed by atoms with van der Waals surface area (Å²) in [5, 5.41) is 14.2. The average molecular weight is 331 g/mol. The molecule has 0 aliphatic heterocycles. The van der Waals surface area contributed by atoms with E-state index < -0.39 is 0 Å². The van der Waals surface area contributed by atoms with Gasteiger partial charge in [0.2, 0.25) is 0 Å². The van der Waals surface area contributed by atoms with E-state index in [1.54, 1.807) is 0 Å². The predicted octanol–water partition coefficient (Wildman–Crippen LogP) is 4.07. The zero-order chi connectivity index (χ0) is 12.8. The zero-order valence-electron chi connectivity index (χ0n) is 10.1. The van der Waals surface area contributed by atoms with Crippen LogP contribution in [-0.4, -0.2) is 17.3 Å². The molecular weight excluding hydrogens is 314 g/mol. The summed E-state index contributed by atoms with van der Waals surface area (Å²) in [5.41, 5.74) is 0.937. The van der Waals surface area contributed by atoms with E-state index >= 15 is 0 Å². The van der Waals surface area contributed by atoms with Crippen molar-refractivity contribution in [1.29, 1.82) is 0 Å². The molecule has 98 valence electrons. The highest BCUT2D eigenvalue weighted by atomic mass is 79.9. The van der Waals surface area contributed by atoms with Gasteiger partial charge in [-0.2, -0.15) is 0 Å². The molecule has 2 nitrogen and oxygen atoms in total. The summed E-state index contributed by atoms with van der Waals surface area (Å²) in [4.78, 5) is 0. The fourth-order valence-electron chi connectivity index (χ4n) is 2.87. The third kappa shape index (κ3) is 2.28. The van der Waals surface area contributed by atoms with E-state index in [1.165, 1.54) is 25.7 Å². The number of aliphatic hydroxyl groups excluding tert-OH is 1. The summed E-state index contributed by atoms with van der Waals surface area (Å²) in [6, 6.07) is 5.87. The number of anilines is 1. The van der Waals surface area contributed by atoms with E-state index in [9.17, 15) is 5.11 Å². The summed E-state index contributed by atoms with van der Waals surface area (Å²) >= 11 is 9.46. The Labute approximate surface area is 121 Å². The van der Waals surface area contributed by atoms with Crippen LogP contribution in [0, 0.1) is 11.8 Å². The van der Waals surface area contributed by atoms with Crippen LogP contribution in [0.3, 0.4) is 0 Å². The lowest BCUT2D eigenvalue weighted by molar-refractivity contribution is 0.174. The molecule has 0 aromatic heterocycles. The van der Waals surface area contributed by atoms with Crippen molar-refractivity contribution in [2.45, 2.75) is 31.2 Å². The Hall–Kier alpha value is -0.250. The number of hydrogen-bond donors (Lipinski definition) is 2. The standard InChI is InChI=1S/C14H17BrClNO/c15-12-7-11(5-6-13(12)16)17-14(8-18,9-1-2-9)10-3-4-10/h5-7,9-10,17-18H,1-4,8H2. The van der Waals surface area contributed by atoms with Gasteiger partial charge >= 0.3 is 0 Å². The first-order valence-corrected chi connectivity index (χ1v) is 7.67. The van der Waals surface area contributed by atoms with Crippen molar-refractivity contribution in [3.05, 3.63) is 27.7 Å². The first-order chi connectivity index (χ1) is 8.65. The highest BCUT2D eigenvalue weighted by Crippen LogP contribution is 2.53. The minimum Gasteiger partial charge on any atom is -0.394 e. The van der Waals surface area contributed by atoms with E-state index in [0.29, 0.717) is 16.9 Å². The fourth-order valence-corrected chi connectivity index (χ4v) is 3.37. The van der Waals surface area contributed by atoms with Crippen LogP contribution in [0.15, 0.2) is 22.7 Å². The van der Waals surface area contributed by atoms with Gasteiger partial charge in [-0.25, -0.2) is 0 Å². The number of hydrogen-bond acceptors (Lipinski definition) is 2. The van der Waals surface area contributed by atoms with Crippen LogP contribution >= 0.6 is 27.5 Å². The van der Waals surface area contributed by atoms with Gasteiger partial charge in [0.05, 0.1) is 17.2 Å². The minimum atomic E-state index is -0.104. The first-order valence-electron chi connectivity index (χ1n) is 6.50. The Bertz CT molecular complexity index is 445. The lowest BCUT2D eigenvalue weighted by atomic mass is 9.88. The second-order valence-electron chi connectivity index (χ2n) is 5.50. The van der Waals surface area contributed by atoms with E-state index in [-0.39, 0.29) is 12.1 Å². The molecule has 2 aliphatic rings. The quantitative estimate of drug-likeness (QED) is 0.853. The van der Waals surface area contributed by atoms with Gasteiger partial charge in [0.1, 0.15) is 0 Å². The molecule has 0 atom stereocenters. The third-order valence-corrected chi connectivity index (χ3v) is 5.38. The summed E-state index contributed by atoms with van der Waals surface area (Å²) < 4.78 is 0.896. The lowest BCUT2D eigenvalue weighted by Gasteiger charge is -2.35. The maximum atomic E-state index is 9.88. The van der Waals surface area contributed by atoms with Crippen LogP contribution in [-0.2, 0) is 0 Å². The molecule has 0 unspecified atom stereocenters. The molecule has 18 heavy (non-hydrogen) atoms. The lowest BCUT2D eigenvalue weighted by Crippen LogP contribution is -2.46. The largest absolute Gasteiger partial charge is 0.394 e. The second kappa shape index (κ2) is 4.69. The Morgan fingerprint density at radius 1 is 1.28 bits per heavy atom. The summed E-state index contributed by atoms with van der Waals surface area (Å²) in [6.07, 6.45) is 4.94. The van der Waals surface area contributed by atoms with Crippen LogP contribution in [0.1, 0.15) is 25.7 Å². The Morgan fingerprint density at radius 2 is 1.89 bits per heavy atom. The van der Waals surface area contributed by atoms with Gasteiger partial charge in [0, 0.05) is 10.2 Å². The average Bonchev–Trinajstić information content (AvgIpc) is 3.21. The van der Waals surface area contributed by atoms with Crippen LogP contribution < -0.4 is 5.32 Å². The molecule has 2 aliphatic carbocycles. The first kappa shape index (κ1) is 12.8. The number of benzene rings is 1. The molecule has 0 bridgehead atoms. The van der Waals surface area contributed by atoms with E-state index in [0.717, 1.165) is 10.2 Å². The van der Waals surface area contributed by atoms with Gasteiger partial charge in [0.25, 0.3) is 0 Å². The van der Waals surface area contributed by atoms with Crippen LogP contribution in [0.25, 0.3) is 0 Å². The van der Waals surface area contributed by atoms with Gasteiger partial charge in [-0.15, -0.1) is 0 Å². The normalized spacial score (nSPS) is 19.9. The summed E-state index contributed by atoms with van der Waals surface area (Å²) in [5.74, 6) is 1.26. The Kier molecular flexibility index (Phi) is 3.33. The molecular formula is C14H17BrClNO. The van der Waals surface area contributed by atoms with Crippen LogP contribution in [0.4, 0.5) is 5.69 Å². The molecule has 0 radical (unpaired) electrons. The van der Waals surface area contributed by atoms with Crippen LogP contribution in [0.2, 0.25) is 5.02 Å². The Balaban J connectivity index is 1.85. The van der Waals surface area contributed by atoms with Crippen molar-refractivity contribution in [1.82, 2.24) is 0 Å². The molecule has 2 N–H and O–H groups in total. The second-order valence-corrected chi connectivity index (χ2v) is 6.76. The maximum Gasteiger partial charge on any atom is 0.0667 e. The molecule has 0 heterocycles. The van der Waals surface area contributed by atoms with E-state index in [4.69, 9.17) is 11.6 Å². The number of halogens is 2. The maximum absolute atomic E-state index is 9.88. The predicted molar refractivity (Wildman–Crippen MR) is 78.0 cm³/mol. The topological polar surface area (TPSA) is 32.3 Å². The number of aliphatic hydroxyl groups is 1. The SMILES string of the molecule is OCC(Nc1ccc(Cl)c(Br)c1)(C1CC1)C1CC1. The molecule has 0 saturated heterocycles. The fraction of sp³-hybridized carbons (Fsp3) is 0.571. The molecule has 2 fully saturated rings. The van der Waals surface area contributed by atoms with Crippen molar-refractivity contribution in [2.24, 2.45) is 11.8 Å². The van der Waals surface area contributed by atoms with Gasteiger partial charge < -0.3 is 10.4 Å². The Morgan fingerprint density at radius 3 is 2.33 bits per heavy atom. The van der Waals surface area contributed by atoms with Gasteiger partial charge in [0.15, 0.2) is 0 Å². The molecule has 1 aromatic carbocycles. The molecule has 2 saturated carbocycles. The molecule has 4 heteroatoms. The van der Waals surface area contributed by atoms with Gasteiger partial charge in [-0.1, -0.05) is 11.6 Å². The van der Waals surface area contributed by atoms with Crippen molar-refractivity contribution < 1.29 is 5.11 Å². The highest BCUT2D eigenvalue weighted by molar-refractivity contribution is 9.10. The van der Waals surface area contributed by atoms with E-state index in [1.807, 2.05) is 18.2 Å². The third-order valence-electron chi connectivity index (χ3n) is 4.17. The summed E-state index contributed by atoms with van der Waals surface area (Å²) in [6.45, 7) is 0.225. The summed E-state index contributed by atoms with van der Waals surface area (Å²) in [7, 11) is 0. The number of rotatable bonds is 5. The smallest absolute Gasteiger partial charge is 0.0667 e. The number of nitrogens with one attached hydrogen (secondary N) is 1. The van der Waals surface area contributed by atoms with Crippen LogP contribution in [0.5, 0.6) is 0 Å². The zero-order valence-corrected chi connectivity index (χ0v) is 12.5. The van der Waals surface area contributed by atoms with Crippen molar-refractivity contribution >= 4 is 33.2 Å². The monoisotopic (exact) mass is 329 g/mol. The van der Waals surface area contributed by atoms with Crippen molar-refractivity contribution in [2.75, 3.05) is 11.9 Å². The van der Waals surface area contributed by atoms with Gasteiger partial charge in [-0.05, 0) is 71.6 Å². The molecule has 0 spiro atoms. The highest BCUT2D eigenvalue weighted by Gasteiger charge is 2.53. The molecule has 3 rings (SSSR count). The minimum absolute atomic E-state index is 0.104. The van der Waals surface area contributed by atoms with Crippen molar-refractivity contribution in [3.8, 4) is 0 Å². The molecule has 0 amide bonds. The van der Waals surface area contributed by atoms with E-state index in [2.05, 4.69) is 21.2 Å². The molecule has 1 aromatic rings.